The first-order chi connectivity index (χ1) is 5.65. The normalized spacial score (nSPS) is 10.7. The maximum absolute atomic E-state index is 12.0. The van der Waals surface area contributed by atoms with Gasteiger partial charge < -0.3 is 5.11 Å². The van der Waals surface area contributed by atoms with E-state index >= 15 is 0 Å². The molecule has 0 fully saturated rings. The molecule has 0 aromatic carbocycles. The van der Waals surface area contributed by atoms with Crippen molar-refractivity contribution in [1.82, 2.24) is 4.98 Å². The number of nitrogens with zero attached hydrogens (tertiary/aromatic N) is 1. The minimum absolute atomic E-state index is 0.457. The van der Waals surface area contributed by atoms with Crippen molar-refractivity contribution in [1.29, 1.82) is 0 Å². The summed E-state index contributed by atoms with van der Waals surface area (Å²) in [5.41, 5.74) is 0.0941. The molecular weight excluding hydrogens is 232 g/mol. The van der Waals surface area contributed by atoms with Crippen LogP contribution in [0.2, 0.25) is 0 Å². The Morgan fingerprint density at radius 2 is 2.25 bits per heavy atom. The van der Waals surface area contributed by atoms with Gasteiger partial charge in [-0.25, -0.2) is 8.78 Å². The minimum Gasteiger partial charge on any atom is -0.506 e. The highest BCUT2D eigenvalue weighted by Gasteiger charge is 2.14. The van der Waals surface area contributed by atoms with E-state index in [-0.39, 0.29) is 0 Å². The van der Waals surface area contributed by atoms with Gasteiger partial charge in [0.25, 0.3) is 6.43 Å². The maximum Gasteiger partial charge on any atom is 0.284 e. The van der Waals surface area contributed by atoms with Crippen molar-refractivity contribution in [3.8, 4) is 5.75 Å². The molecule has 0 aliphatic heterocycles. The first kappa shape index (κ1) is 9.38. The fourth-order valence-electron chi connectivity index (χ4n) is 0.747. The highest BCUT2D eigenvalue weighted by atomic mass is 79.9. The van der Waals surface area contributed by atoms with Gasteiger partial charge in [-0.2, -0.15) is 0 Å². The summed E-state index contributed by atoms with van der Waals surface area (Å²) in [6, 6.07) is 1.27. The number of pyridine rings is 1. The lowest BCUT2D eigenvalue weighted by molar-refractivity contribution is 0.142. The zero-order chi connectivity index (χ0) is 9.14. The van der Waals surface area contributed by atoms with Gasteiger partial charge in [-0.15, -0.1) is 0 Å². The van der Waals surface area contributed by atoms with Crippen LogP contribution in [0.5, 0.6) is 5.75 Å². The van der Waals surface area contributed by atoms with E-state index in [9.17, 15) is 8.78 Å². The highest BCUT2D eigenvalue weighted by molar-refractivity contribution is 9.08. The van der Waals surface area contributed by atoms with Crippen LogP contribution >= 0.6 is 15.9 Å². The average molecular weight is 238 g/mol. The number of halogens is 3. The Labute approximate surface area is 76.4 Å². The van der Waals surface area contributed by atoms with Crippen LogP contribution in [0, 0.1) is 0 Å². The van der Waals surface area contributed by atoms with E-state index in [2.05, 4.69) is 20.9 Å². The molecule has 0 saturated heterocycles. The molecule has 0 spiro atoms. The molecule has 1 aromatic heterocycles. The number of aromatic nitrogens is 1. The second-order valence-corrected chi connectivity index (χ2v) is 2.74. The van der Waals surface area contributed by atoms with Crippen LogP contribution < -0.4 is 0 Å². The Bertz CT molecular complexity index is 280. The van der Waals surface area contributed by atoms with Gasteiger partial charge >= 0.3 is 0 Å². The molecule has 1 rings (SSSR count). The van der Waals surface area contributed by atoms with Crippen molar-refractivity contribution < 1.29 is 13.9 Å². The molecule has 2 nitrogen and oxygen atoms in total. The molecule has 1 N–H and O–H groups in total. The monoisotopic (exact) mass is 237 g/mol. The number of aromatic hydroxyl groups is 1. The lowest BCUT2D eigenvalue weighted by atomic mass is 10.2. The molecule has 1 aromatic rings. The van der Waals surface area contributed by atoms with Crippen LogP contribution in [0.1, 0.15) is 17.7 Å². The molecule has 5 heteroatoms. The maximum atomic E-state index is 12.0. The first-order valence-corrected chi connectivity index (χ1v) is 4.29. The van der Waals surface area contributed by atoms with Crippen LogP contribution in [0.4, 0.5) is 8.78 Å². The Morgan fingerprint density at radius 1 is 1.58 bits per heavy atom. The molecule has 0 unspecified atom stereocenters. The van der Waals surface area contributed by atoms with E-state index in [0.717, 1.165) is 0 Å². The van der Waals surface area contributed by atoms with E-state index in [1.54, 1.807) is 0 Å². The topological polar surface area (TPSA) is 33.1 Å². The fraction of sp³-hybridized carbons (Fsp3) is 0.286. The molecule has 12 heavy (non-hydrogen) atoms. The van der Waals surface area contributed by atoms with Crippen molar-refractivity contribution in [2.45, 2.75) is 11.8 Å². The summed E-state index contributed by atoms with van der Waals surface area (Å²) in [6.07, 6.45) is -1.43. The van der Waals surface area contributed by atoms with Crippen LogP contribution in [0.3, 0.4) is 0 Å². The number of alkyl halides is 3. The van der Waals surface area contributed by atoms with Crippen molar-refractivity contribution >= 4 is 15.9 Å². The van der Waals surface area contributed by atoms with Crippen LogP contribution in [0.25, 0.3) is 0 Å². The average Bonchev–Trinajstić information content (AvgIpc) is 2.03. The summed E-state index contributed by atoms with van der Waals surface area (Å²) in [7, 11) is 0. The van der Waals surface area contributed by atoms with Crippen molar-refractivity contribution in [3.63, 3.8) is 0 Å². The molecule has 0 radical (unpaired) electrons. The molecule has 0 bridgehead atoms. The molecular formula is C7H6BrF2NO. The minimum atomic E-state index is -2.73. The third-order valence-corrected chi connectivity index (χ3v) is 1.96. The molecule has 0 amide bonds. The smallest absolute Gasteiger partial charge is 0.284 e. The van der Waals surface area contributed by atoms with Gasteiger partial charge in [0.2, 0.25) is 0 Å². The van der Waals surface area contributed by atoms with E-state index < -0.39 is 17.9 Å². The summed E-state index contributed by atoms with van der Waals surface area (Å²) < 4.78 is 24.1. The molecule has 0 aliphatic carbocycles. The zero-order valence-corrected chi connectivity index (χ0v) is 7.55. The molecule has 0 saturated carbocycles. The number of hydrogen-bond acceptors (Lipinski definition) is 2. The lowest BCUT2D eigenvalue weighted by Crippen LogP contribution is -1.91. The predicted molar refractivity (Wildman–Crippen MR) is 43.5 cm³/mol. The molecule has 66 valence electrons. The SMILES string of the molecule is Oc1cc(CBr)cnc1C(F)F. The first-order valence-electron chi connectivity index (χ1n) is 3.17. The Balaban J connectivity index is 3.03. The third-order valence-electron chi connectivity index (χ3n) is 1.32. The second kappa shape index (κ2) is 3.80. The van der Waals surface area contributed by atoms with Crippen molar-refractivity contribution in [2.75, 3.05) is 0 Å². The van der Waals surface area contributed by atoms with Gasteiger partial charge in [0.1, 0.15) is 11.4 Å². The predicted octanol–water partition coefficient (Wildman–Crippen LogP) is 2.62. The van der Waals surface area contributed by atoms with Crippen molar-refractivity contribution in [2.24, 2.45) is 0 Å². The Hall–Kier alpha value is -0.710. The third kappa shape index (κ3) is 1.91. The molecule has 0 aliphatic rings. The van der Waals surface area contributed by atoms with E-state index in [0.29, 0.717) is 10.9 Å². The molecule has 0 atom stereocenters. The van der Waals surface area contributed by atoms with Crippen LogP contribution in [-0.4, -0.2) is 10.1 Å². The van der Waals surface area contributed by atoms with Gasteiger partial charge in [0.05, 0.1) is 0 Å². The summed E-state index contributed by atoms with van der Waals surface area (Å²) in [6.45, 7) is 0. The van der Waals surface area contributed by atoms with Gasteiger partial charge in [-0.3, -0.25) is 4.98 Å². The highest BCUT2D eigenvalue weighted by Crippen LogP contribution is 2.26. The van der Waals surface area contributed by atoms with E-state index in [1.165, 1.54) is 12.3 Å². The Kier molecular flexibility index (Phi) is 2.97. The number of hydrogen-bond donors (Lipinski definition) is 1. The van der Waals surface area contributed by atoms with Crippen LogP contribution in [0.15, 0.2) is 12.3 Å². The van der Waals surface area contributed by atoms with E-state index in [4.69, 9.17) is 5.11 Å². The van der Waals surface area contributed by atoms with Crippen molar-refractivity contribution in [3.05, 3.63) is 23.5 Å². The summed E-state index contributed by atoms with van der Waals surface area (Å²) >= 11 is 3.11. The quantitative estimate of drug-likeness (QED) is 0.803. The van der Waals surface area contributed by atoms with Crippen LogP contribution in [-0.2, 0) is 5.33 Å². The molecule has 1 heterocycles. The zero-order valence-electron chi connectivity index (χ0n) is 5.97. The summed E-state index contributed by atoms with van der Waals surface area (Å²) in [5, 5.41) is 9.51. The standard InChI is InChI=1S/C7H6BrF2NO/c8-2-4-1-5(12)6(7(9)10)11-3-4/h1,3,7,12H,2H2. The van der Waals surface area contributed by atoms with E-state index in [1.807, 2.05) is 0 Å². The fourth-order valence-corrected chi connectivity index (χ4v) is 1.05. The van der Waals surface area contributed by atoms with Gasteiger partial charge in [-0.05, 0) is 11.6 Å². The van der Waals surface area contributed by atoms with Gasteiger partial charge in [0, 0.05) is 11.5 Å². The summed E-state index contributed by atoms with van der Waals surface area (Å²) in [5.74, 6) is -0.457. The second-order valence-electron chi connectivity index (χ2n) is 2.18. The van der Waals surface area contributed by atoms with Gasteiger partial charge in [0.15, 0.2) is 0 Å². The number of rotatable bonds is 2. The Morgan fingerprint density at radius 3 is 2.67 bits per heavy atom. The largest absolute Gasteiger partial charge is 0.506 e. The summed E-state index contributed by atoms with van der Waals surface area (Å²) in [4.78, 5) is 3.42. The van der Waals surface area contributed by atoms with Gasteiger partial charge in [-0.1, -0.05) is 15.9 Å². The lowest BCUT2D eigenvalue weighted by Gasteiger charge is -2.02.